The minimum Gasteiger partial charge on any atom is -0.289 e. The van der Waals surface area contributed by atoms with Crippen molar-refractivity contribution in [1.82, 2.24) is 4.68 Å². The Labute approximate surface area is 79.6 Å². The third-order valence-corrected chi connectivity index (χ3v) is 2.17. The smallest absolute Gasteiger partial charge is 0.261 e. The molecule has 0 aliphatic carbocycles. The summed E-state index contributed by atoms with van der Waals surface area (Å²) in [5.74, 6) is 0. The molecule has 0 N–H and O–H groups in total. The highest BCUT2D eigenvalue weighted by Crippen LogP contribution is 2.03. The van der Waals surface area contributed by atoms with E-state index < -0.39 is 0 Å². The van der Waals surface area contributed by atoms with E-state index in [0.717, 1.165) is 0 Å². The molecule has 2 aromatic rings. The maximum absolute atomic E-state index is 11.5. The zero-order chi connectivity index (χ0) is 10.1. The van der Waals surface area contributed by atoms with Gasteiger partial charge in [-0.1, -0.05) is 12.1 Å². The molecule has 0 unspecified atom stereocenters. The Hall–Kier alpha value is -1.97. The van der Waals surface area contributed by atoms with Gasteiger partial charge in [-0.05, 0) is 12.1 Å². The van der Waals surface area contributed by atoms with Gasteiger partial charge in [-0.15, -0.1) is 4.68 Å². The first kappa shape index (κ1) is 8.62. The fourth-order valence-electron chi connectivity index (χ4n) is 1.39. The molecule has 0 aliphatic heterocycles. The maximum atomic E-state index is 11.5. The molecule has 1 heterocycles. The summed E-state index contributed by atoms with van der Waals surface area (Å²) in [6, 6.07) is 8.29. The number of para-hydroxylation sites is 1. The molecule has 4 heteroatoms. The van der Waals surface area contributed by atoms with Crippen LogP contribution in [0.1, 0.15) is 0 Å². The van der Waals surface area contributed by atoms with Gasteiger partial charge in [-0.25, -0.2) is 0 Å². The molecule has 1 aromatic heterocycles. The lowest BCUT2D eigenvalue weighted by atomic mass is 10.2. The van der Waals surface area contributed by atoms with Gasteiger partial charge >= 0.3 is 0 Å². The molecule has 4 nitrogen and oxygen atoms in total. The van der Waals surface area contributed by atoms with Crippen LogP contribution in [-0.2, 0) is 7.05 Å². The standard InChI is InChI=1S/C10H9N2O2/c1-11-9-5-3-2-4-8(9)10(13)6-7-12(11)14/h2-7H,1H3/q+1. The Morgan fingerprint density at radius 2 is 1.93 bits per heavy atom. The van der Waals surface area contributed by atoms with Crippen LogP contribution in [0, 0.1) is 4.91 Å². The van der Waals surface area contributed by atoms with Gasteiger partial charge in [0.1, 0.15) is 5.52 Å². The lowest BCUT2D eigenvalue weighted by Crippen LogP contribution is -2.25. The van der Waals surface area contributed by atoms with E-state index in [0.29, 0.717) is 15.4 Å². The van der Waals surface area contributed by atoms with Crippen LogP contribution < -0.4 is 9.97 Å². The number of aryl methyl sites for hydroxylation is 1. The molecule has 2 rings (SSSR count). The lowest BCUT2D eigenvalue weighted by molar-refractivity contribution is -0.591. The molecule has 0 saturated heterocycles. The van der Waals surface area contributed by atoms with Crippen molar-refractivity contribution in [2.75, 3.05) is 0 Å². The van der Waals surface area contributed by atoms with E-state index in [2.05, 4.69) is 0 Å². The van der Waals surface area contributed by atoms with E-state index in [1.807, 2.05) is 0 Å². The van der Waals surface area contributed by atoms with Crippen LogP contribution in [0.2, 0.25) is 0 Å². The second-order valence-corrected chi connectivity index (χ2v) is 3.02. The topological polar surface area (TPSA) is 45.0 Å². The molecule has 0 radical (unpaired) electrons. The van der Waals surface area contributed by atoms with Crippen molar-refractivity contribution in [2.45, 2.75) is 0 Å². The van der Waals surface area contributed by atoms with Crippen molar-refractivity contribution in [2.24, 2.45) is 7.05 Å². The van der Waals surface area contributed by atoms with E-state index >= 15 is 0 Å². The molecule has 0 fully saturated rings. The summed E-state index contributed by atoms with van der Waals surface area (Å²) in [5, 5.41) is 0.546. The summed E-state index contributed by atoms with van der Waals surface area (Å²) >= 11 is 0. The second-order valence-electron chi connectivity index (χ2n) is 3.02. The number of rotatable bonds is 0. The molecule has 0 aliphatic rings. The van der Waals surface area contributed by atoms with E-state index in [1.54, 1.807) is 31.3 Å². The number of aromatic nitrogens is 2. The zero-order valence-corrected chi connectivity index (χ0v) is 7.68. The Kier molecular flexibility index (Phi) is 1.89. The predicted octanol–water partition coefficient (Wildman–Crippen LogP) is 0.453. The van der Waals surface area contributed by atoms with Crippen molar-refractivity contribution in [3.63, 3.8) is 0 Å². The van der Waals surface area contributed by atoms with Crippen LogP contribution in [0.5, 0.6) is 0 Å². The first-order valence-electron chi connectivity index (χ1n) is 4.22. The Balaban J connectivity index is 3.20. The SMILES string of the molecule is Cn1c2ccccc2c(=O)cc[n+]1=O. The van der Waals surface area contributed by atoms with Gasteiger partial charge in [0.05, 0.1) is 23.4 Å². The van der Waals surface area contributed by atoms with Crippen LogP contribution in [0.4, 0.5) is 0 Å². The minimum absolute atomic E-state index is 0.147. The first-order chi connectivity index (χ1) is 6.70. The highest BCUT2D eigenvalue weighted by atomic mass is 16.3. The third kappa shape index (κ3) is 1.21. The van der Waals surface area contributed by atoms with Gasteiger partial charge in [0.2, 0.25) is 0 Å². The monoisotopic (exact) mass is 189 g/mol. The fourth-order valence-corrected chi connectivity index (χ4v) is 1.39. The number of hydrogen-bond donors (Lipinski definition) is 0. The maximum Gasteiger partial charge on any atom is 0.261 e. The van der Waals surface area contributed by atoms with Gasteiger partial charge in [0.25, 0.3) is 6.20 Å². The lowest BCUT2D eigenvalue weighted by Gasteiger charge is -1.90. The van der Waals surface area contributed by atoms with Gasteiger partial charge in [-0.3, -0.25) is 4.79 Å². The van der Waals surface area contributed by atoms with Crippen molar-refractivity contribution >= 4 is 10.9 Å². The number of benzene rings is 1. The molecule has 0 saturated carbocycles. The van der Waals surface area contributed by atoms with Crippen molar-refractivity contribution in [3.05, 3.63) is 51.7 Å². The molecule has 0 atom stereocenters. The average Bonchev–Trinajstić information content (AvgIpc) is 2.33. The van der Waals surface area contributed by atoms with Gasteiger partial charge in [-0.2, -0.15) is 0 Å². The fraction of sp³-hybridized carbons (Fsp3) is 0.100. The second kappa shape index (κ2) is 3.06. The van der Waals surface area contributed by atoms with Crippen LogP contribution >= 0.6 is 0 Å². The molecule has 0 spiro atoms. The number of nitrogens with zero attached hydrogens (tertiary/aromatic N) is 2. The van der Waals surface area contributed by atoms with Crippen molar-refractivity contribution < 1.29 is 4.54 Å². The van der Waals surface area contributed by atoms with E-state index in [-0.39, 0.29) is 5.43 Å². The highest BCUT2D eigenvalue weighted by molar-refractivity contribution is 5.77. The van der Waals surface area contributed by atoms with Crippen LogP contribution in [0.15, 0.2) is 41.3 Å². The Morgan fingerprint density at radius 1 is 1.21 bits per heavy atom. The summed E-state index contributed by atoms with van der Waals surface area (Å²) in [7, 11) is 1.62. The summed E-state index contributed by atoms with van der Waals surface area (Å²) in [4.78, 5) is 22.8. The number of fused-ring (bicyclic) bond motifs is 1. The summed E-state index contributed by atoms with van der Waals surface area (Å²) in [5.41, 5.74) is 0.475. The van der Waals surface area contributed by atoms with E-state index in [4.69, 9.17) is 0 Å². The van der Waals surface area contributed by atoms with Crippen LogP contribution in [0.25, 0.3) is 10.9 Å². The van der Waals surface area contributed by atoms with Gasteiger partial charge < -0.3 is 0 Å². The molecule has 0 amide bonds. The molecular weight excluding hydrogens is 180 g/mol. The van der Waals surface area contributed by atoms with Crippen molar-refractivity contribution in [1.29, 1.82) is 0 Å². The van der Waals surface area contributed by atoms with E-state index in [9.17, 15) is 9.70 Å². The van der Waals surface area contributed by atoms with Gasteiger partial charge in [0, 0.05) is 0 Å². The first-order valence-corrected chi connectivity index (χ1v) is 4.22. The van der Waals surface area contributed by atoms with Crippen LogP contribution in [-0.4, -0.2) is 4.68 Å². The molecular formula is C10H9N2O2+. The van der Waals surface area contributed by atoms with Crippen LogP contribution in [0.3, 0.4) is 0 Å². The quantitative estimate of drug-likeness (QED) is 0.565. The predicted molar refractivity (Wildman–Crippen MR) is 52.6 cm³/mol. The van der Waals surface area contributed by atoms with Gasteiger partial charge in [0.15, 0.2) is 9.97 Å². The Bertz CT molecular complexity index is 602. The summed E-state index contributed by atoms with van der Waals surface area (Å²) in [6.07, 6.45) is 1.21. The third-order valence-electron chi connectivity index (χ3n) is 2.17. The van der Waals surface area contributed by atoms with E-state index in [1.165, 1.54) is 16.9 Å². The summed E-state index contributed by atoms with van der Waals surface area (Å²) in [6.45, 7) is 0. The molecule has 1 aromatic carbocycles. The zero-order valence-electron chi connectivity index (χ0n) is 7.68. The van der Waals surface area contributed by atoms with Crippen molar-refractivity contribution in [3.8, 4) is 0 Å². The molecule has 14 heavy (non-hydrogen) atoms. The molecule has 70 valence electrons. The normalized spacial score (nSPS) is 10.4. The average molecular weight is 189 g/mol. The number of hydrogen-bond acceptors (Lipinski definition) is 2. The minimum atomic E-state index is -0.147. The Morgan fingerprint density at radius 3 is 2.71 bits per heavy atom. The largest absolute Gasteiger partial charge is 0.289 e. The summed E-state index contributed by atoms with van der Waals surface area (Å²) < 4.78 is 2.01. The highest BCUT2D eigenvalue weighted by Gasteiger charge is 2.04. The molecule has 0 bridgehead atoms.